The second kappa shape index (κ2) is 20.6. The van der Waals surface area contributed by atoms with E-state index in [1.54, 1.807) is 0 Å². The van der Waals surface area contributed by atoms with Gasteiger partial charge in [0.2, 0.25) is 0 Å². The number of carboxylic acid groups (broad SMARTS) is 4. The monoisotopic (exact) mass is 468 g/mol. The molecule has 0 unspecified atom stereocenters. The molecule has 4 N–H and O–H groups in total. The number of aliphatic carboxylic acids is 4. The van der Waals surface area contributed by atoms with Crippen LogP contribution in [-0.2, 0) is 19.2 Å². The zero-order valence-electron chi connectivity index (χ0n) is 15.9. The molecule has 0 aromatic rings. The molecule has 14 heteroatoms. The van der Waals surface area contributed by atoms with Crippen molar-refractivity contribution < 1.29 is 209 Å². The third-order valence-corrected chi connectivity index (χ3v) is 2.72. The van der Waals surface area contributed by atoms with Gasteiger partial charge in [-0.05, 0) is 6.42 Å². The van der Waals surface area contributed by atoms with Gasteiger partial charge in [0, 0.05) is 31.2 Å². The van der Waals surface area contributed by atoms with Gasteiger partial charge in [-0.25, -0.2) is 4.79 Å². The van der Waals surface area contributed by atoms with E-state index >= 15 is 0 Å². The minimum absolute atomic E-state index is 0. The van der Waals surface area contributed by atoms with E-state index < -0.39 is 48.1 Å². The van der Waals surface area contributed by atoms with Gasteiger partial charge in [0.15, 0.2) is 0 Å². The van der Waals surface area contributed by atoms with Gasteiger partial charge in [-0.15, -0.1) is 0 Å². The van der Waals surface area contributed by atoms with E-state index in [1.807, 2.05) is 6.92 Å². The van der Waals surface area contributed by atoms with Crippen LogP contribution < -0.4 is 169 Å². The van der Waals surface area contributed by atoms with Crippen LogP contribution in [0.25, 0.3) is 0 Å². The van der Waals surface area contributed by atoms with Crippen molar-refractivity contribution in [2.45, 2.75) is 56.8 Å². The predicted molar refractivity (Wildman–Crippen MR) is 68.2 cm³/mol. The van der Waals surface area contributed by atoms with Crippen molar-refractivity contribution in [1.82, 2.24) is 0 Å². The summed E-state index contributed by atoms with van der Waals surface area (Å²) >= 11 is 0. The number of carbonyl (C=O) groups excluding carboxylic acids is 3. The molecule has 0 rings (SSSR count). The normalized spacial score (nSPS) is 9.93. The van der Waals surface area contributed by atoms with E-state index in [-0.39, 0.29) is 161 Å². The molecule has 0 saturated carbocycles. The average Bonchev–Trinajstić information content (AvgIpc) is 2.37. The fourth-order valence-electron chi connectivity index (χ4n) is 1.41. The first-order chi connectivity index (χ1) is 10.8. The molecule has 0 spiro atoms. The molecule has 0 aromatic heterocycles. The number of carboxylic acids is 4. The van der Waals surface area contributed by atoms with Crippen LogP contribution in [0.1, 0.15) is 45.4 Å². The molecular weight excluding hydrogens is 449 g/mol. The maximum atomic E-state index is 10.1. The van der Waals surface area contributed by atoms with E-state index in [1.165, 1.54) is 0 Å². The van der Waals surface area contributed by atoms with Crippen molar-refractivity contribution in [2.24, 2.45) is 0 Å². The van der Waals surface area contributed by atoms with Crippen molar-refractivity contribution in [3.8, 4) is 0 Å². The zero-order valence-corrected chi connectivity index (χ0v) is 25.3. The third-order valence-electron chi connectivity index (χ3n) is 2.72. The van der Waals surface area contributed by atoms with Crippen LogP contribution in [0.4, 0.5) is 0 Å². The Hall–Kier alpha value is 2.67. The molecule has 0 saturated heterocycles. The SMILES string of the molecule is CCCCCC(O)(O)C(=O)O.O=C([O-])CC(O)(CC(=O)[O-])C(=O)[O-].[K+].[K+].[K+]. The maximum Gasteiger partial charge on any atom is 1.00 e. The van der Waals surface area contributed by atoms with Crippen LogP contribution in [0.2, 0.25) is 0 Å². The molecule has 0 bridgehead atoms. The summed E-state index contributed by atoms with van der Waals surface area (Å²) in [6.45, 7) is 1.96. The van der Waals surface area contributed by atoms with Gasteiger partial charge >= 0.3 is 160 Å². The van der Waals surface area contributed by atoms with Crippen molar-refractivity contribution >= 4 is 23.9 Å². The van der Waals surface area contributed by atoms with E-state index in [9.17, 15) is 34.5 Å². The molecule has 0 heterocycles. The standard InChI is InChI=1S/C7H14O4.C6H8O7.3K/c1-2-3-4-5-7(10,11)6(8)9;7-3(8)1-6(13,5(11)12)2-4(9)10;;;/h10-11H,2-5H2,1H3,(H,8,9);13H,1-2H2,(H,7,8)(H,9,10)(H,11,12);;;/q;;3*+1/p-3. The van der Waals surface area contributed by atoms with Crippen molar-refractivity contribution in [2.75, 3.05) is 0 Å². The Morgan fingerprint density at radius 3 is 1.41 bits per heavy atom. The van der Waals surface area contributed by atoms with E-state index in [2.05, 4.69) is 0 Å². The number of hydrogen-bond acceptors (Lipinski definition) is 10. The smallest absolute Gasteiger partial charge is 0.550 e. The topological polar surface area (TPSA) is 218 Å². The van der Waals surface area contributed by atoms with Crippen molar-refractivity contribution in [3.05, 3.63) is 0 Å². The maximum absolute atomic E-state index is 10.1. The van der Waals surface area contributed by atoms with Crippen LogP contribution in [-0.4, -0.2) is 55.7 Å². The summed E-state index contributed by atoms with van der Waals surface area (Å²) in [5.74, 6) is -10.1. The summed E-state index contributed by atoms with van der Waals surface area (Å²) in [7, 11) is 0. The molecule has 0 fully saturated rings. The van der Waals surface area contributed by atoms with Crippen molar-refractivity contribution in [3.63, 3.8) is 0 Å². The van der Waals surface area contributed by atoms with E-state index in [4.69, 9.17) is 20.4 Å². The molecule has 0 amide bonds. The van der Waals surface area contributed by atoms with Crippen LogP contribution >= 0.6 is 0 Å². The first kappa shape index (κ1) is 40.1. The summed E-state index contributed by atoms with van der Waals surface area (Å²) in [6.07, 6.45) is -0.551. The number of unbranched alkanes of at least 4 members (excludes halogenated alkanes) is 2. The average molecular weight is 469 g/mol. The Balaban J connectivity index is -0.000000109. The minimum atomic E-state index is -2.97. The molecule has 27 heavy (non-hydrogen) atoms. The predicted octanol–water partition coefficient (Wildman–Crippen LogP) is -13.9. The third kappa shape index (κ3) is 21.7. The molecule has 0 aliphatic rings. The van der Waals surface area contributed by atoms with Crippen LogP contribution in [0, 0.1) is 0 Å². The Morgan fingerprint density at radius 1 is 0.815 bits per heavy atom. The van der Waals surface area contributed by atoms with Gasteiger partial charge < -0.3 is 50.1 Å². The molecule has 140 valence electrons. The molecule has 0 aromatic carbocycles. The Labute approximate surface area is 283 Å². The molecular formula is C13H19K3O11. The van der Waals surface area contributed by atoms with Gasteiger partial charge in [-0.3, -0.25) is 0 Å². The fraction of sp³-hybridized carbons (Fsp3) is 0.692. The summed E-state index contributed by atoms with van der Waals surface area (Å²) in [5, 5.41) is 64.7. The second-order valence-electron chi connectivity index (χ2n) is 5.00. The molecule has 0 aliphatic carbocycles. The minimum Gasteiger partial charge on any atom is -0.550 e. The summed E-state index contributed by atoms with van der Waals surface area (Å²) in [6, 6.07) is 0. The van der Waals surface area contributed by atoms with Gasteiger partial charge in [-0.1, -0.05) is 19.8 Å². The molecule has 0 radical (unpaired) electrons. The fourth-order valence-corrected chi connectivity index (χ4v) is 1.41. The summed E-state index contributed by atoms with van der Waals surface area (Å²) in [4.78, 5) is 40.1. The van der Waals surface area contributed by atoms with Gasteiger partial charge in [0.25, 0.3) is 5.79 Å². The van der Waals surface area contributed by atoms with Crippen LogP contribution in [0.15, 0.2) is 0 Å². The zero-order chi connectivity index (χ0) is 19.6. The largest absolute Gasteiger partial charge is 1.00 e. The summed E-state index contributed by atoms with van der Waals surface area (Å²) in [5.41, 5.74) is -2.97. The quantitative estimate of drug-likeness (QED) is 0.134. The van der Waals surface area contributed by atoms with Crippen molar-refractivity contribution in [1.29, 1.82) is 0 Å². The van der Waals surface area contributed by atoms with Gasteiger partial charge in [0.05, 0.1) is 5.97 Å². The van der Waals surface area contributed by atoms with E-state index in [0.717, 1.165) is 12.8 Å². The molecule has 11 nitrogen and oxygen atoms in total. The van der Waals surface area contributed by atoms with Crippen LogP contribution in [0.5, 0.6) is 0 Å². The Morgan fingerprint density at radius 2 is 1.19 bits per heavy atom. The molecule has 0 atom stereocenters. The number of rotatable bonds is 10. The number of carbonyl (C=O) groups is 4. The number of hydrogen-bond donors (Lipinski definition) is 4. The van der Waals surface area contributed by atoms with Gasteiger partial charge in [-0.2, -0.15) is 0 Å². The molecule has 0 aliphatic heterocycles. The first-order valence-electron chi connectivity index (χ1n) is 6.80. The summed E-state index contributed by atoms with van der Waals surface area (Å²) < 4.78 is 0. The Kier molecular flexibility index (Phi) is 30.5. The van der Waals surface area contributed by atoms with Gasteiger partial charge in [0.1, 0.15) is 5.60 Å². The number of aliphatic hydroxyl groups is 3. The first-order valence-corrected chi connectivity index (χ1v) is 6.80. The van der Waals surface area contributed by atoms with Crippen LogP contribution in [0.3, 0.4) is 0 Å². The van der Waals surface area contributed by atoms with E-state index in [0.29, 0.717) is 6.42 Å². The Bertz CT molecular complexity index is 452. The second-order valence-corrected chi connectivity index (χ2v) is 5.00.